The zero-order valence-corrected chi connectivity index (χ0v) is 13.0. The molecule has 2 atom stereocenters. The number of carbonyl (C=O) groups excluding carboxylic acids is 1. The number of benzene rings is 1. The molecule has 1 aromatic carbocycles. The molecular weight excluding hydrogens is 304 g/mol. The average molecular weight is 321 g/mol. The number of methoxy groups -OCH3 is 1. The first-order valence-corrected chi connectivity index (χ1v) is 7.62. The van der Waals surface area contributed by atoms with E-state index >= 15 is 0 Å². The largest absolute Gasteiger partial charge is 0.379 e. The maximum atomic E-state index is 12.3. The van der Waals surface area contributed by atoms with Crippen molar-refractivity contribution in [2.75, 3.05) is 7.11 Å². The third-order valence-corrected chi connectivity index (χ3v) is 4.28. The molecule has 5 nitrogen and oxygen atoms in total. The van der Waals surface area contributed by atoms with E-state index in [-0.39, 0.29) is 23.7 Å². The predicted octanol–water partition coefficient (Wildman–Crippen LogP) is 3.29. The van der Waals surface area contributed by atoms with Gasteiger partial charge in [-0.2, -0.15) is 0 Å². The molecule has 6 heteroatoms. The first-order chi connectivity index (χ1) is 10.7. The second kappa shape index (κ2) is 6.50. The highest BCUT2D eigenvalue weighted by Crippen LogP contribution is 2.28. The lowest BCUT2D eigenvalue weighted by Crippen LogP contribution is -2.40. The number of hydrogen-bond acceptors (Lipinski definition) is 4. The summed E-state index contributed by atoms with van der Waals surface area (Å²) in [7, 11) is 1.67. The van der Waals surface area contributed by atoms with Crippen LogP contribution >= 0.6 is 11.6 Å². The van der Waals surface area contributed by atoms with E-state index in [0.29, 0.717) is 16.3 Å². The Kier molecular flexibility index (Phi) is 4.45. The van der Waals surface area contributed by atoms with Crippen molar-refractivity contribution in [2.45, 2.75) is 31.4 Å². The van der Waals surface area contributed by atoms with Crippen molar-refractivity contribution >= 4 is 17.5 Å². The molecule has 2 aromatic rings. The summed E-state index contributed by atoms with van der Waals surface area (Å²) in [5, 5.41) is 7.35. The number of ether oxygens (including phenoxy) is 1. The quantitative estimate of drug-likeness (QED) is 0.938. The Morgan fingerprint density at radius 1 is 1.41 bits per heavy atom. The van der Waals surface area contributed by atoms with Crippen LogP contribution in [0.3, 0.4) is 0 Å². The Morgan fingerprint density at radius 3 is 3.00 bits per heavy atom. The summed E-state index contributed by atoms with van der Waals surface area (Å²) in [6, 6.07) is 8.90. The Labute approximate surface area is 133 Å². The van der Waals surface area contributed by atoms with Crippen molar-refractivity contribution in [3.05, 3.63) is 41.0 Å². The fraction of sp³-hybridized carbons (Fsp3) is 0.375. The van der Waals surface area contributed by atoms with Gasteiger partial charge in [0.05, 0.1) is 17.2 Å². The summed E-state index contributed by atoms with van der Waals surface area (Å²) in [5.74, 6) is 0.224. The van der Waals surface area contributed by atoms with Crippen molar-refractivity contribution in [2.24, 2.45) is 0 Å². The van der Waals surface area contributed by atoms with Gasteiger partial charge in [0.1, 0.15) is 0 Å². The van der Waals surface area contributed by atoms with Crippen LogP contribution in [0, 0.1) is 0 Å². The molecule has 1 aliphatic rings. The van der Waals surface area contributed by atoms with Crippen molar-refractivity contribution in [3.8, 4) is 11.3 Å². The normalized spacial score (nSPS) is 21.0. The summed E-state index contributed by atoms with van der Waals surface area (Å²) in [6.45, 7) is 0. The smallest absolute Gasteiger partial charge is 0.273 e. The van der Waals surface area contributed by atoms with Crippen molar-refractivity contribution in [1.82, 2.24) is 10.5 Å². The van der Waals surface area contributed by atoms with Crippen molar-refractivity contribution in [1.29, 1.82) is 0 Å². The Balaban J connectivity index is 1.73. The third-order valence-electron chi connectivity index (χ3n) is 3.95. The fourth-order valence-electron chi connectivity index (χ4n) is 2.79. The second-order valence-electron chi connectivity index (χ2n) is 5.34. The molecule has 1 aliphatic carbocycles. The monoisotopic (exact) mass is 320 g/mol. The zero-order chi connectivity index (χ0) is 15.5. The first-order valence-electron chi connectivity index (χ1n) is 7.24. The van der Waals surface area contributed by atoms with E-state index in [1.54, 1.807) is 19.2 Å². The van der Waals surface area contributed by atoms with E-state index in [4.69, 9.17) is 20.9 Å². The van der Waals surface area contributed by atoms with E-state index in [0.717, 1.165) is 19.3 Å². The zero-order valence-electron chi connectivity index (χ0n) is 12.2. The molecule has 22 heavy (non-hydrogen) atoms. The van der Waals surface area contributed by atoms with Gasteiger partial charge in [0.25, 0.3) is 5.91 Å². The third kappa shape index (κ3) is 3.00. The minimum atomic E-state index is -0.254. The molecule has 1 aromatic heterocycles. The van der Waals surface area contributed by atoms with E-state index in [1.165, 1.54) is 0 Å². The minimum Gasteiger partial charge on any atom is -0.379 e. The van der Waals surface area contributed by atoms with Crippen LogP contribution in [0.4, 0.5) is 0 Å². The molecule has 1 N–H and O–H groups in total. The lowest BCUT2D eigenvalue weighted by molar-refractivity contribution is 0.0717. The van der Waals surface area contributed by atoms with Gasteiger partial charge in [0, 0.05) is 18.7 Å². The van der Waals surface area contributed by atoms with Gasteiger partial charge in [-0.1, -0.05) is 28.9 Å². The molecule has 0 aliphatic heterocycles. The summed E-state index contributed by atoms with van der Waals surface area (Å²) in [4.78, 5) is 12.3. The van der Waals surface area contributed by atoms with Gasteiger partial charge in [0.15, 0.2) is 11.5 Å². The number of aromatic nitrogens is 1. The standard InChI is InChI=1S/C16H17ClN2O3/c1-21-14-8-4-7-12(14)18-16(20)13-9-15(22-19-13)10-5-2-3-6-11(10)17/h2-3,5-6,9,12,14H,4,7-8H2,1H3,(H,18,20)/t12-,14+/m0/s1. The number of rotatable bonds is 4. The summed E-state index contributed by atoms with van der Waals surface area (Å²) in [5.41, 5.74) is 0.961. The van der Waals surface area contributed by atoms with Gasteiger partial charge in [-0.05, 0) is 31.4 Å². The van der Waals surface area contributed by atoms with E-state index in [1.807, 2.05) is 18.2 Å². The lowest BCUT2D eigenvalue weighted by Gasteiger charge is -2.18. The highest BCUT2D eigenvalue weighted by Gasteiger charge is 2.29. The second-order valence-corrected chi connectivity index (χ2v) is 5.75. The molecule has 1 amide bonds. The van der Waals surface area contributed by atoms with Crippen LogP contribution in [0.5, 0.6) is 0 Å². The number of amides is 1. The van der Waals surface area contributed by atoms with Crippen LogP contribution in [-0.2, 0) is 4.74 Å². The maximum absolute atomic E-state index is 12.3. The van der Waals surface area contributed by atoms with Crippen LogP contribution < -0.4 is 5.32 Å². The highest BCUT2D eigenvalue weighted by atomic mass is 35.5. The molecule has 0 unspecified atom stereocenters. The maximum Gasteiger partial charge on any atom is 0.273 e. The number of nitrogens with zero attached hydrogens (tertiary/aromatic N) is 1. The number of halogens is 1. The fourth-order valence-corrected chi connectivity index (χ4v) is 3.01. The van der Waals surface area contributed by atoms with Gasteiger partial charge in [-0.3, -0.25) is 4.79 Å². The van der Waals surface area contributed by atoms with Crippen LogP contribution in [0.1, 0.15) is 29.8 Å². The average Bonchev–Trinajstić information content (AvgIpc) is 3.16. The van der Waals surface area contributed by atoms with Gasteiger partial charge in [0.2, 0.25) is 0 Å². The summed E-state index contributed by atoms with van der Waals surface area (Å²) >= 11 is 6.12. The van der Waals surface area contributed by atoms with Crippen LogP contribution in [0.2, 0.25) is 5.02 Å². The molecule has 0 bridgehead atoms. The predicted molar refractivity (Wildman–Crippen MR) is 82.9 cm³/mol. The lowest BCUT2D eigenvalue weighted by atomic mass is 10.1. The van der Waals surface area contributed by atoms with Crippen molar-refractivity contribution < 1.29 is 14.1 Å². The molecule has 1 heterocycles. The van der Waals surface area contributed by atoms with E-state index in [2.05, 4.69) is 10.5 Å². The van der Waals surface area contributed by atoms with Gasteiger partial charge < -0.3 is 14.6 Å². The Morgan fingerprint density at radius 2 is 2.23 bits per heavy atom. The summed E-state index contributed by atoms with van der Waals surface area (Å²) < 4.78 is 10.6. The summed E-state index contributed by atoms with van der Waals surface area (Å²) in [6.07, 6.45) is 3.00. The number of carbonyl (C=O) groups is 1. The van der Waals surface area contributed by atoms with Gasteiger partial charge in [-0.25, -0.2) is 0 Å². The highest BCUT2D eigenvalue weighted by molar-refractivity contribution is 6.33. The molecule has 0 radical (unpaired) electrons. The Hall–Kier alpha value is -1.85. The molecular formula is C16H17ClN2O3. The molecule has 1 fully saturated rings. The van der Waals surface area contributed by atoms with Gasteiger partial charge in [-0.15, -0.1) is 0 Å². The molecule has 116 valence electrons. The topological polar surface area (TPSA) is 64.4 Å². The van der Waals surface area contributed by atoms with Crippen LogP contribution in [0.15, 0.2) is 34.9 Å². The minimum absolute atomic E-state index is 0.0259. The Bertz CT molecular complexity index is 671. The number of hydrogen-bond donors (Lipinski definition) is 1. The first kappa shape index (κ1) is 15.1. The number of nitrogens with one attached hydrogen (secondary N) is 1. The van der Waals surface area contributed by atoms with E-state index < -0.39 is 0 Å². The van der Waals surface area contributed by atoms with Crippen LogP contribution in [-0.4, -0.2) is 30.3 Å². The van der Waals surface area contributed by atoms with Gasteiger partial charge >= 0.3 is 0 Å². The molecule has 3 rings (SSSR count). The van der Waals surface area contributed by atoms with Crippen LogP contribution in [0.25, 0.3) is 11.3 Å². The van der Waals surface area contributed by atoms with E-state index in [9.17, 15) is 4.79 Å². The molecule has 0 spiro atoms. The molecule has 0 saturated heterocycles. The molecule has 1 saturated carbocycles. The SMILES string of the molecule is CO[C@@H]1CCC[C@@H]1NC(=O)c1cc(-c2ccccc2Cl)on1. The van der Waals surface area contributed by atoms with Crippen molar-refractivity contribution in [3.63, 3.8) is 0 Å².